The smallest absolute Gasteiger partial charge is 0.239 e. The predicted molar refractivity (Wildman–Crippen MR) is 94.4 cm³/mol. The summed E-state index contributed by atoms with van der Waals surface area (Å²) in [5.41, 5.74) is 0.652. The maximum absolute atomic E-state index is 13.0. The molecule has 0 saturated carbocycles. The van der Waals surface area contributed by atoms with Crippen LogP contribution >= 0.6 is 0 Å². The van der Waals surface area contributed by atoms with Crippen LogP contribution in [0.3, 0.4) is 0 Å². The number of likely N-dealkylation sites (tertiary alicyclic amines) is 2. The van der Waals surface area contributed by atoms with Gasteiger partial charge in [0.1, 0.15) is 0 Å². The second-order valence-corrected chi connectivity index (χ2v) is 7.23. The van der Waals surface area contributed by atoms with Crippen molar-refractivity contribution in [2.75, 3.05) is 26.7 Å². The van der Waals surface area contributed by atoms with Crippen LogP contribution in [0.4, 0.5) is 0 Å². The average Bonchev–Trinajstić information content (AvgIpc) is 2.86. The normalized spacial score (nSPS) is 24.8. The fourth-order valence-corrected chi connectivity index (χ4v) is 4.11. The molecule has 1 aromatic carbocycles. The number of carbonyl (C=O) groups excluding carboxylic acids is 1. The van der Waals surface area contributed by atoms with Gasteiger partial charge in [0.15, 0.2) is 0 Å². The van der Waals surface area contributed by atoms with Gasteiger partial charge in [0.05, 0.1) is 17.5 Å². The number of piperidine rings is 1. The van der Waals surface area contributed by atoms with Gasteiger partial charge < -0.3 is 4.90 Å². The summed E-state index contributed by atoms with van der Waals surface area (Å²) in [6, 6.07) is 12.6. The van der Waals surface area contributed by atoms with Crippen LogP contribution < -0.4 is 0 Å². The van der Waals surface area contributed by atoms with Crippen LogP contribution in [0.5, 0.6) is 0 Å². The van der Waals surface area contributed by atoms with Gasteiger partial charge in [-0.15, -0.1) is 0 Å². The van der Waals surface area contributed by atoms with Crippen LogP contribution in [-0.2, 0) is 10.2 Å². The Kier molecular flexibility index (Phi) is 5.20. The fourth-order valence-electron chi connectivity index (χ4n) is 4.11. The zero-order valence-electron chi connectivity index (χ0n) is 14.6. The molecule has 4 nitrogen and oxygen atoms in total. The topological polar surface area (TPSA) is 47.3 Å². The van der Waals surface area contributed by atoms with Gasteiger partial charge in [-0.25, -0.2) is 0 Å². The van der Waals surface area contributed by atoms with Gasteiger partial charge >= 0.3 is 0 Å². The minimum atomic E-state index is -0.437. The Labute approximate surface area is 145 Å². The van der Waals surface area contributed by atoms with Gasteiger partial charge in [-0.05, 0) is 44.8 Å². The summed E-state index contributed by atoms with van der Waals surface area (Å²) < 4.78 is 0. The molecule has 1 atom stereocenters. The van der Waals surface area contributed by atoms with Crippen LogP contribution in [0.2, 0.25) is 0 Å². The molecule has 0 aliphatic carbocycles. The summed E-state index contributed by atoms with van der Waals surface area (Å²) in [5.74, 6) is 0.263. The van der Waals surface area contributed by atoms with E-state index in [4.69, 9.17) is 0 Å². The molecule has 2 fully saturated rings. The molecule has 0 radical (unpaired) electrons. The Morgan fingerprint density at radius 1 is 1.12 bits per heavy atom. The van der Waals surface area contributed by atoms with Crippen LogP contribution in [0.25, 0.3) is 0 Å². The summed E-state index contributed by atoms with van der Waals surface area (Å²) in [6.45, 7) is 2.38. The predicted octanol–water partition coefficient (Wildman–Crippen LogP) is 2.94. The van der Waals surface area contributed by atoms with Crippen LogP contribution in [0.1, 0.15) is 44.1 Å². The van der Waals surface area contributed by atoms with E-state index in [1.54, 1.807) is 0 Å². The standard InChI is InChI=1S/C20H27N3O/c1-22-13-7-3-6-10-18(22)19(24)23-14-11-20(16-21,12-15-23)17-8-4-2-5-9-17/h2,4-5,8-9,18H,3,6-7,10-15H2,1H3/t18-/m0/s1. The Hall–Kier alpha value is -1.86. The van der Waals surface area contributed by atoms with Crippen LogP contribution in [0.15, 0.2) is 30.3 Å². The highest BCUT2D eigenvalue weighted by atomic mass is 16.2. The molecule has 0 aromatic heterocycles. The molecule has 1 aromatic rings. The van der Waals surface area contributed by atoms with E-state index < -0.39 is 5.41 Å². The Balaban J connectivity index is 1.68. The summed E-state index contributed by atoms with van der Waals surface area (Å²) >= 11 is 0. The first-order valence-corrected chi connectivity index (χ1v) is 9.12. The lowest BCUT2D eigenvalue weighted by Crippen LogP contribution is -2.51. The molecule has 2 aliphatic heterocycles. The van der Waals surface area contributed by atoms with E-state index in [9.17, 15) is 10.1 Å². The lowest BCUT2D eigenvalue weighted by molar-refractivity contribution is -0.138. The van der Waals surface area contributed by atoms with E-state index in [0.29, 0.717) is 13.1 Å². The van der Waals surface area contributed by atoms with Crippen molar-refractivity contribution in [2.24, 2.45) is 0 Å². The first-order valence-electron chi connectivity index (χ1n) is 9.12. The van der Waals surface area contributed by atoms with Crippen LogP contribution in [0, 0.1) is 11.3 Å². The molecular formula is C20H27N3O. The molecule has 3 rings (SSSR count). The third-order valence-electron chi connectivity index (χ3n) is 5.77. The monoisotopic (exact) mass is 325 g/mol. The molecule has 0 spiro atoms. The molecule has 2 heterocycles. The van der Waals surface area contributed by atoms with Crippen molar-refractivity contribution in [3.63, 3.8) is 0 Å². The first-order chi connectivity index (χ1) is 11.7. The van der Waals surface area contributed by atoms with E-state index in [0.717, 1.165) is 37.8 Å². The van der Waals surface area contributed by atoms with Crippen molar-refractivity contribution < 1.29 is 4.79 Å². The Bertz CT molecular complexity index is 599. The molecule has 4 heteroatoms. The van der Waals surface area contributed by atoms with Crippen molar-refractivity contribution in [2.45, 2.75) is 50.0 Å². The molecule has 2 saturated heterocycles. The zero-order chi connectivity index (χ0) is 17.0. The third kappa shape index (κ3) is 3.32. The summed E-state index contributed by atoms with van der Waals surface area (Å²) in [5, 5.41) is 9.79. The van der Waals surface area contributed by atoms with Gasteiger partial charge in [0.2, 0.25) is 5.91 Å². The Morgan fingerprint density at radius 3 is 2.50 bits per heavy atom. The van der Waals surface area contributed by atoms with E-state index in [2.05, 4.69) is 18.0 Å². The number of hydrogen-bond donors (Lipinski definition) is 0. The van der Waals surface area contributed by atoms with Gasteiger partial charge in [-0.2, -0.15) is 5.26 Å². The van der Waals surface area contributed by atoms with E-state index in [1.807, 2.05) is 35.2 Å². The minimum Gasteiger partial charge on any atom is -0.341 e. The second-order valence-electron chi connectivity index (χ2n) is 7.23. The first kappa shape index (κ1) is 17.0. The minimum absolute atomic E-state index is 0.0267. The lowest BCUT2D eigenvalue weighted by Gasteiger charge is -2.40. The quantitative estimate of drug-likeness (QED) is 0.840. The van der Waals surface area contributed by atoms with E-state index in [-0.39, 0.29) is 11.9 Å². The number of likely N-dealkylation sites (N-methyl/N-ethyl adjacent to an activating group) is 1. The number of hydrogen-bond acceptors (Lipinski definition) is 3. The van der Waals surface area contributed by atoms with Crippen molar-refractivity contribution in [3.05, 3.63) is 35.9 Å². The number of benzene rings is 1. The SMILES string of the molecule is CN1CCCCC[C@H]1C(=O)N1CCC(C#N)(c2ccccc2)CC1. The van der Waals surface area contributed by atoms with Gasteiger partial charge in [0, 0.05) is 13.1 Å². The maximum atomic E-state index is 13.0. The van der Waals surface area contributed by atoms with Crippen molar-refractivity contribution in [1.82, 2.24) is 9.80 Å². The van der Waals surface area contributed by atoms with E-state index >= 15 is 0 Å². The molecular weight excluding hydrogens is 298 g/mol. The third-order valence-corrected chi connectivity index (χ3v) is 5.77. The van der Waals surface area contributed by atoms with Crippen LogP contribution in [-0.4, -0.2) is 48.4 Å². The summed E-state index contributed by atoms with van der Waals surface area (Å²) in [6.07, 6.45) is 5.98. The molecule has 24 heavy (non-hydrogen) atoms. The highest BCUT2D eigenvalue weighted by Crippen LogP contribution is 2.35. The van der Waals surface area contributed by atoms with Crippen molar-refractivity contribution in [3.8, 4) is 6.07 Å². The molecule has 0 bridgehead atoms. The summed E-state index contributed by atoms with van der Waals surface area (Å²) in [7, 11) is 2.07. The molecule has 128 valence electrons. The van der Waals surface area contributed by atoms with Gasteiger partial charge in [-0.1, -0.05) is 43.2 Å². The van der Waals surface area contributed by atoms with Crippen molar-refractivity contribution >= 4 is 5.91 Å². The highest BCUT2D eigenvalue weighted by Gasteiger charge is 2.39. The fraction of sp³-hybridized carbons (Fsp3) is 0.600. The second kappa shape index (κ2) is 7.36. The number of nitrogens with zero attached hydrogens (tertiary/aromatic N) is 3. The number of nitriles is 1. The Morgan fingerprint density at radius 2 is 1.83 bits per heavy atom. The largest absolute Gasteiger partial charge is 0.341 e. The summed E-state index contributed by atoms with van der Waals surface area (Å²) in [4.78, 5) is 17.2. The molecule has 0 N–H and O–H groups in total. The number of rotatable bonds is 2. The van der Waals surface area contributed by atoms with Crippen molar-refractivity contribution in [1.29, 1.82) is 5.26 Å². The van der Waals surface area contributed by atoms with Gasteiger partial charge in [-0.3, -0.25) is 9.69 Å². The lowest BCUT2D eigenvalue weighted by atomic mass is 9.74. The molecule has 2 aliphatic rings. The zero-order valence-corrected chi connectivity index (χ0v) is 14.6. The van der Waals surface area contributed by atoms with E-state index in [1.165, 1.54) is 12.8 Å². The number of amides is 1. The molecule has 1 amide bonds. The average molecular weight is 325 g/mol. The highest BCUT2D eigenvalue weighted by molar-refractivity contribution is 5.82. The van der Waals surface area contributed by atoms with Gasteiger partial charge in [0.25, 0.3) is 0 Å². The number of carbonyl (C=O) groups is 1. The molecule has 0 unspecified atom stereocenters. The maximum Gasteiger partial charge on any atom is 0.239 e.